The number of hydrogen-bond donors (Lipinski definition) is 3. The number of para-hydroxylation sites is 6. The first-order valence-electron chi connectivity index (χ1n) is 16.4. The van der Waals surface area contributed by atoms with Crippen LogP contribution in [0, 0.1) is 4.77 Å². The predicted octanol–water partition coefficient (Wildman–Crippen LogP) is 10.7. The number of H-pyrrole nitrogens is 1. The van der Waals surface area contributed by atoms with Gasteiger partial charge in [0.25, 0.3) is 11.1 Å². The molecule has 8 rings (SSSR count). The summed E-state index contributed by atoms with van der Waals surface area (Å²) in [4.78, 5) is 46.2. The zero-order valence-electron chi connectivity index (χ0n) is 28.8. The van der Waals surface area contributed by atoms with Crippen LogP contribution >= 0.6 is 36.0 Å². The number of aromatic amines is 1. The molecule has 2 heterocycles. The van der Waals surface area contributed by atoms with Crippen LogP contribution < -0.4 is 16.9 Å². The van der Waals surface area contributed by atoms with Crippen molar-refractivity contribution in [3.8, 4) is 11.4 Å². The van der Waals surface area contributed by atoms with Gasteiger partial charge in [-0.25, -0.2) is 9.78 Å². The van der Waals surface area contributed by atoms with E-state index in [1.807, 2.05) is 121 Å². The Balaban J connectivity index is 0.000000210. The molecule has 0 aliphatic heterocycles. The number of aromatic nitrogens is 4. The van der Waals surface area contributed by atoms with E-state index in [1.165, 1.54) is 15.2 Å². The summed E-state index contributed by atoms with van der Waals surface area (Å²) in [5.41, 5.74) is 9.26. The van der Waals surface area contributed by atoms with E-state index in [0.717, 1.165) is 16.9 Å². The topological polar surface area (TPSA) is 148 Å². The van der Waals surface area contributed by atoms with E-state index < -0.39 is 5.97 Å². The standard InChI is InChI=1S/C14H9ClN2O.C14H10N2OS.C7H7NO2.C7H5NS.2CH4/c15-14-16-12-9-5-4-8-11(12)13(18)17(14)10-6-2-1-3-7-10;17-13-11-8-4-5-9-12(11)15-14(18)16(13)10-6-2-1-3-7-10;8-6-4-2-1-3-5(6)7(9)10;9-6-8-7-4-2-1-3-5-7;;/h1-9H;1-9H,(H,15,18);1-4H,8H2,(H,9,10);1-5H;2*1H4. The molecule has 0 aliphatic rings. The number of carboxylic acid groups (broad SMARTS) is 1. The van der Waals surface area contributed by atoms with E-state index in [-0.39, 0.29) is 36.8 Å². The Hall–Kier alpha value is -6.82. The van der Waals surface area contributed by atoms with Gasteiger partial charge in [0.15, 0.2) is 4.77 Å². The molecule has 0 aliphatic carbocycles. The SMILES string of the molecule is C.C.Nc1ccccc1C(=O)O.O=c1c2ccccc2[nH]c(=S)n1-c1ccccc1.O=c1c2ccccc2nc(Cl)n1-c1ccccc1.S=C=Nc1ccccc1. The van der Waals surface area contributed by atoms with Crippen LogP contribution in [0.5, 0.6) is 0 Å². The molecule has 288 valence electrons. The molecule has 2 aromatic heterocycles. The van der Waals surface area contributed by atoms with Crippen molar-refractivity contribution in [3.63, 3.8) is 0 Å². The van der Waals surface area contributed by atoms with Gasteiger partial charge < -0.3 is 15.8 Å². The molecule has 0 saturated carbocycles. The number of aliphatic imine (C=N–C) groups is 1. The molecule has 0 bridgehead atoms. The molecular weight excluding hydrogens is 776 g/mol. The number of isothiocyanates is 1. The van der Waals surface area contributed by atoms with Gasteiger partial charge in [0, 0.05) is 5.69 Å². The molecule has 0 unspecified atom stereocenters. The minimum atomic E-state index is -0.988. The molecule has 0 fully saturated rings. The number of anilines is 1. The minimum Gasteiger partial charge on any atom is -0.478 e. The van der Waals surface area contributed by atoms with Crippen molar-refractivity contribution in [1.29, 1.82) is 0 Å². The summed E-state index contributed by atoms with van der Waals surface area (Å²) in [6.45, 7) is 0. The normalized spacial score (nSPS) is 9.63. The van der Waals surface area contributed by atoms with Crippen LogP contribution in [0.3, 0.4) is 0 Å². The maximum atomic E-state index is 12.4. The first-order chi connectivity index (χ1) is 26.7. The summed E-state index contributed by atoms with van der Waals surface area (Å²) < 4.78 is 3.33. The molecule has 0 atom stereocenters. The molecule has 0 spiro atoms. The number of benzene rings is 6. The summed E-state index contributed by atoms with van der Waals surface area (Å²) in [5.74, 6) is -0.988. The Morgan fingerprint density at radius 2 is 1.16 bits per heavy atom. The smallest absolute Gasteiger partial charge is 0.337 e. The maximum absolute atomic E-state index is 12.4. The third-order valence-electron chi connectivity index (χ3n) is 7.69. The number of nitrogen functional groups attached to an aromatic ring is 1. The number of fused-ring (bicyclic) bond motifs is 2. The monoisotopic (exact) mass is 814 g/mol. The van der Waals surface area contributed by atoms with E-state index in [0.29, 0.717) is 32.4 Å². The van der Waals surface area contributed by atoms with Crippen molar-refractivity contribution in [2.24, 2.45) is 4.99 Å². The van der Waals surface area contributed by atoms with E-state index in [2.05, 4.69) is 32.3 Å². The number of aromatic carboxylic acids is 1. The first-order valence-corrected chi connectivity index (χ1v) is 17.6. The van der Waals surface area contributed by atoms with Crippen LogP contribution in [0.15, 0.2) is 178 Å². The number of rotatable bonds is 4. The van der Waals surface area contributed by atoms with Gasteiger partial charge >= 0.3 is 5.97 Å². The lowest BCUT2D eigenvalue weighted by atomic mass is 10.2. The lowest BCUT2D eigenvalue weighted by Gasteiger charge is -2.08. The highest BCUT2D eigenvalue weighted by Crippen LogP contribution is 2.16. The van der Waals surface area contributed by atoms with Crippen molar-refractivity contribution in [3.05, 3.63) is 200 Å². The average Bonchev–Trinajstić information content (AvgIpc) is 3.20. The number of halogens is 1. The summed E-state index contributed by atoms with van der Waals surface area (Å²) in [5, 5.41) is 12.1. The highest BCUT2D eigenvalue weighted by atomic mass is 35.5. The van der Waals surface area contributed by atoms with Crippen LogP contribution in [-0.2, 0) is 0 Å². The largest absolute Gasteiger partial charge is 0.478 e. The van der Waals surface area contributed by atoms with Gasteiger partial charge in [0.1, 0.15) is 0 Å². The molecule has 13 heteroatoms. The van der Waals surface area contributed by atoms with Crippen molar-refractivity contribution >= 4 is 80.3 Å². The number of hydrogen-bond acceptors (Lipinski definition) is 8. The number of carbonyl (C=O) groups is 1. The van der Waals surface area contributed by atoms with Gasteiger partial charge in [0.05, 0.1) is 49.6 Å². The Labute approximate surface area is 344 Å². The Bertz CT molecular complexity index is 2790. The highest BCUT2D eigenvalue weighted by Gasteiger charge is 2.10. The van der Waals surface area contributed by atoms with Crippen molar-refractivity contribution < 1.29 is 9.90 Å². The molecule has 8 aromatic rings. The molecule has 0 radical (unpaired) electrons. The molecular formula is C44H39ClN6O4S2. The van der Waals surface area contributed by atoms with Gasteiger partial charge in [0.2, 0.25) is 5.28 Å². The zero-order chi connectivity index (χ0) is 39.2. The lowest BCUT2D eigenvalue weighted by molar-refractivity contribution is 0.0698. The molecule has 0 amide bonds. The lowest BCUT2D eigenvalue weighted by Crippen LogP contribution is -2.20. The van der Waals surface area contributed by atoms with Crippen molar-refractivity contribution in [2.75, 3.05) is 5.73 Å². The fourth-order valence-corrected chi connectivity index (χ4v) is 5.80. The average molecular weight is 815 g/mol. The van der Waals surface area contributed by atoms with Gasteiger partial charge in [-0.15, -0.1) is 0 Å². The van der Waals surface area contributed by atoms with Crippen LogP contribution in [-0.4, -0.2) is 35.3 Å². The van der Waals surface area contributed by atoms with Crippen LogP contribution in [0.2, 0.25) is 5.28 Å². The van der Waals surface area contributed by atoms with E-state index in [9.17, 15) is 14.4 Å². The van der Waals surface area contributed by atoms with E-state index in [4.69, 9.17) is 34.7 Å². The quantitative estimate of drug-likeness (QED) is 0.0688. The summed E-state index contributed by atoms with van der Waals surface area (Å²) in [6.07, 6.45) is 0. The highest BCUT2D eigenvalue weighted by molar-refractivity contribution is 7.78. The molecule has 10 nitrogen and oxygen atoms in total. The summed E-state index contributed by atoms with van der Waals surface area (Å²) >= 11 is 15.8. The van der Waals surface area contributed by atoms with Gasteiger partial charge in [-0.05, 0) is 109 Å². The number of nitrogens with two attached hydrogens (primary N) is 1. The molecule has 57 heavy (non-hydrogen) atoms. The third kappa shape index (κ3) is 11.6. The summed E-state index contributed by atoms with van der Waals surface area (Å²) in [6, 6.07) is 49.0. The second-order valence-electron chi connectivity index (χ2n) is 11.3. The van der Waals surface area contributed by atoms with Gasteiger partial charge in [-0.1, -0.05) is 106 Å². The van der Waals surface area contributed by atoms with Gasteiger partial charge in [-0.3, -0.25) is 18.7 Å². The second kappa shape index (κ2) is 21.9. The first kappa shape index (κ1) is 44.6. The van der Waals surface area contributed by atoms with Crippen LogP contribution in [0.25, 0.3) is 33.2 Å². The van der Waals surface area contributed by atoms with Crippen LogP contribution in [0.1, 0.15) is 25.2 Å². The molecule has 4 N–H and O–H groups in total. The fourth-order valence-electron chi connectivity index (χ4n) is 5.13. The zero-order valence-corrected chi connectivity index (χ0v) is 31.2. The summed E-state index contributed by atoms with van der Waals surface area (Å²) in [7, 11) is 0. The molecule has 0 saturated heterocycles. The number of nitrogens with zero attached hydrogens (tertiary/aromatic N) is 4. The molecule has 6 aromatic carbocycles. The van der Waals surface area contributed by atoms with E-state index in [1.54, 1.807) is 36.4 Å². The number of carboxylic acids is 1. The number of nitrogens with one attached hydrogen (secondary N) is 1. The number of thiocarbonyl (C=S) groups is 1. The predicted molar refractivity (Wildman–Crippen MR) is 239 cm³/mol. The fraction of sp³-hybridized carbons (Fsp3) is 0.0455. The Morgan fingerprint density at radius 1 is 0.684 bits per heavy atom. The van der Waals surface area contributed by atoms with Crippen molar-refractivity contribution in [1.82, 2.24) is 19.1 Å². The van der Waals surface area contributed by atoms with E-state index >= 15 is 0 Å². The van der Waals surface area contributed by atoms with Crippen molar-refractivity contribution in [2.45, 2.75) is 14.9 Å². The minimum absolute atomic E-state index is 0. The second-order valence-corrected chi connectivity index (χ2v) is 12.2. The van der Waals surface area contributed by atoms with Crippen LogP contribution in [0.4, 0.5) is 11.4 Å². The third-order valence-corrected chi connectivity index (χ3v) is 8.32. The Kier molecular flexibility index (Phi) is 17.1. The Morgan fingerprint density at radius 3 is 1.72 bits per heavy atom. The maximum Gasteiger partial charge on any atom is 0.337 e. The van der Waals surface area contributed by atoms with Gasteiger partial charge in [-0.2, -0.15) is 4.99 Å².